The second kappa shape index (κ2) is 8.61. The zero-order valence-corrected chi connectivity index (χ0v) is 21.2. The molecule has 0 spiro atoms. The predicted octanol–water partition coefficient (Wildman–Crippen LogP) is 6.99. The van der Waals surface area contributed by atoms with Gasteiger partial charge in [0.2, 0.25) is 6.79 Å². The molecule has 0 unspecified atom stereocenters. The van der Waals surface area contributed by atoms with Crippen LogP contribution in [0.4, 0.5) is 5.69 Å². The molecule has 2 aliphatic heterocycles. The number of fused-ring (bicyclic) bond motifs is 3. The van der Waals surface area contributed by atoms with E-state index in [1.807, 2.05) is 6.07 Å². The Balaban J connectivity index is 1.43. The summed E-state index contributed by atoms with van der Waals surface area (Å²) in [4.78, 5) is 12.5. The first-order chi connectivity index (χ1) is 16.9. The second-order valence-corrected chi connectivity index (χ2v) is 10.3. The number of hydrogen-bond donors (Lipinski definition) is 0. The van der Waals surface area contributed by atoms with E-state index in [1.54, 1.807) is 11.8 Å². The third-order valence-corrected chi connectivity index (χ3v) is 7.97. The molecule has 6 rings (SSSR count). The maximum atomic E-state index is 5.62. The fourth-order valence-electron chi connectivity index (χ4n) is 4.53. The summed E-state index contributed by atoms with van der Waals surface area (Å²) < 4.78 is 11.1. The lowest BCUT2D eigenvalue weighted by molar-refractivity contribution is 0.174. The van der Waals surface area contributed by atoms with Crippen LogP contribution in [0, 0.1) is 27.7 Å². The van der Waals surface area contributed by atoms with E-state index in [0.29, 0.717) is 0 Å². The molecule has 5 nitrogen and oxygen atoms in total. The number of hydrogen-bond acceptors (Lipinski definition) is 5. The first-order valence-corrected chi connectivity index (χ1v) is 12.6. The number of thioether (sulfide) groups is 1. The summed E-state index contributed by atoms with van der Waals surface area (Å²) in [6.07, 6.45) is 0. The number of benzene rings is 3. The second-order valence-electron chi connectivity index (χ2n) is 9.34. The summed E-state index contributed by atoms with van der Waals surface area (Å²) in [6.45, 7) is 10.3. The number of aryl methyl sites for hydroxylation is 3. The SMILES string of the molecule is Cc1cc2cc3c(nc2cc1C)SC(=Nc1cccc(C)c1C)N(Cc1ccc2c(c1)OCO2)C3. The van der Waals surface area contributed by atoms with Gasteiger partial charge in [-0.1, -0.05) is 18.2 Å². The van der Waals surface area contributed by atoms with Gasteiger partial charge in [0.1, 0.15) is 5.03 Å². The zero-order valence-electron chi connectivity index (χ0n) is 20.4. The number of amidine groups is 1. The first kappa shape index (κ1) is 22.0. The predicted molar refractivity (Wildman–Crippen MR) is 142 cm³/mol. The van der Waals surface area contributed by atoms with Gasteiger partial charge < -0.3 is 14.4 Å². The molecule has 0 fully saturated rings. The minimum Gasteiger partial charge on any atom is -0.454 e. The Labute approximate surface area is 209 Å². The lowest BCUT2D eigenvalue weighted by Crippen LogP contribution is -2.31. The molecular weight excluding hydrogens is 454 g/mol. The van der Waals surface area contributed by atoms with Crippen molar-refractivity contribution in [2.75, 3.05) is 6.79 Å². The Bertz CT molecular complexity index is 1510. The smallest absolute Gasteiger partial charge is 0.231 e. The number of aliphatic imine (C=N–C) groups is 1. The Kier molecular flexibility index (Phi) is 5.41. The third-order valence-electron chi connectivity index (χ3n) is 6.89. The molecule has 4 aromatic rings. The fourth-order valence-corrected chi connectivity index (χ4v) is 5.50. The van der Waals surface area contributed by atoms with Crippen molar-refractivity contribution in [3.05, 3.63) is 88.0 Å². The van der Waals surface area contributed by atoms with Gasteiger partial charge in [0, 0.05) is 24.0 Å². The van der Waals surface area contributed by atoms with Gasteiger partial charge in [-0.25, -0.2) is 9.98 Å². The largest absolute Gasteiger partial charge is 0.454 e. The van der Waals surface area contributed by atoms with Gasteiger partial charge in [-0.15, -0.1) is 0 Å². The van der Waals surface area contributed by atoms with E-state index in [0.717, 1.165) is 51.5 Å². The van der Waals surface area contributed by atoms with Crippen LogP contribution in [-0.2, 0) is 13.1 Å². The molecule has 0 aliphatic carbocycles. The van der Waals surface area contributed by atoms with Crippen molar-refractivity contribution >= 4 is 33.5 Å². The molecule has 176 valence electrons. The third kappa shape index (κ3) is 4.12. The van der Waals surface area contributed by atoms with Crippen molar-refractivity contribution in [2.24, 2.45) is 4.99 Å². The maximum Gasteiger partial charge on any atom is 0.231 e. The summed E-state index contributed by atoms with van der Waals surface area (Å²) in [5.74, 6) is 1.61. The average molecular weight is 482 g/mol. The molecule has 0 atom stereocenters. The van der Waals surface area contributed by atoms with Gasteiger partial charge in [-0.05, 0) is 104 Å². The van der Waals surface area contributed by atoms with Crippen molar-refractivity contribution in [3.63, 3.8) is 0 Å². The molecule has 0 saturated heterocycles. The fraction of sp³-hybridized carbons (Fsp3) is 0.241. The number of aromatic nitrogens is 1. The normalized spacial score (nSPS) is 15.7. The standard InChI is InChI=1S/C29H27N3O2S/c1-17-6-5-7-24(20(17)4)31-29-32(14-21-8-9-26-27(12-21)34-16-33-26)15-23-13-22-10-18(2)19(3)11-25(22)30-28(23)35-29/h5-13H,14-16H2,1-4H3. The molecule has 6 heteroatoms. The lowest BCUT2D eigenvalue weighted by atomic mass is 10.0. The monoisotopic (exact) mass is 481 g/mol. The Hall–Kier alpha value is -3.51. The van der Waals surface area contributed by atoms with E-state index >= 15 is 0 Å². The van der Waals surface area contributed by atoms with Gasteiger partial charge in [-0.2, -0.15) is 0 Å². The maximum absolute atomic E-state index is 5.62. The van der Waals surface area contributed by atoms with Crippen LogP contribution in [0.25, 0.3) is 10.9 Å². The van der Waals surface area contributed by atoms with E-state index in [-0.39, 0.29) is 6.79 Å². The van der Waals surface area contributed by atoms with Gasteiger partial charge in [0.05, 0.1) is 11.2 Å². The summed E-state index contributed by atoms with van der Waals surface area (Å²) >= 11 is 1.65. The minimum atomic E-state index is 0.280. The van der Waals surface area contributed by atoms with E-state index in [9.17, 15) is 0 Å². The summed E-state index contributed by atoms with van der Waals surface area (Å²) in [5.41, 5.74) is 9.42. The van der Waals surface area contributed by atoms with Crippen LogP contribution in [0.3, 0.4) is 0 Å². The molecule has 0 amide bonds. The van der Waals surface area contributed by atoms with E-state index in [4.69, 9.17) is 19.5 Å². The molecule has 0 saturated carbocycles. The molecule has 2 aliphatic rings. The summed E-state index contributed by atoms with van der Waals surface area (Å²) in [6, 6.07) is 19.2. The van der Waals surface area contributed by atoms with Crippen LogP contribution in [0.5, 0.6) is 11.5 Å². The van der Waals surface area contributed by atoms with E-state index in [1.165, 1.54) is 33.2 Å². The lowest BCUT2D eigenvalue weighted by Gasteiger charge is -2.31. The van der Waals surface area contributed by atoms with Crippen molar-refractivity contribution < 1.29 is 9.47 Å². The van der Waals surface area contributed by atoms with Gasteiger partial charge >= 0.3 is 0 Å². The van der Waals surface area contributed by atoms with E-state index in [2.05, 4.69) is 81.1 Å². The van der Waals surface area contributed by atoms with E-state index < -0.39 is 0 Å². The van der Waals surface area contributed by atoms with Crippen molar-refractivity contribution in [3.8, 4) is 11.5 Å². The zero-order chi connectivity index (χ0) is 24.1. The Morgan fingerprint density at radius 1 is 0.914 bits per heavy atom. The van der Waals surface area contributed by atoms with Crippen LogP contribution in [0.1, 0.15) is 33.4 Å². The molecule has 0 N–H and O–H groups in total. The van der Waals surface area contributed by atoms with Crippen molar-refractivity contribution in [1.82, 2.24) is 9.88 Å². The van der Waals surface area contributed by atoms with Crippen LogP contribution in [0.15, 0.2) is 64.6 Å². The van der Waals surface area contributed by atoms with Crippen LogP contribution in [0.2, 0.25) is 0 Å². The minimum absolute atomic E-state index is 0.280. The van der Waals surface area contributed by atoms with Gasteiger partial charge in [0.25, 0.3) is 0 Å². The Morgan fingerprint density at radius 3 is 2.63 bits per heavy atom. The van der Waals surface area contributed by atoms with Gasteiger partial charge in [-0.3, -0.25) is 0 Å². The quantitative estimate of drug-likeness (QED) is 0.315. The number of rotatable bonds is 3. The molecule has 3 aromatic carbocycles. The molecule has 0 radical (unpaired) electrons. The highest BCUT2D eigenvalue weighted by molar-refractivity contribution is 8.13. The molecule has 1 aromatic heterocycles. The van der Waals surface area contributed by atoms with Crippen molar-refractivity contribution in [1.29, 1.82) is 0 Å². The number of nitrogens with zero attached hydrogens (tertiary/aromatic N) is 3. The topological polar surface area (TPSA) is 47.0 Å². The van der Waals surface area contributed by atoms with Crippen molar-refractivity contribution in [2.45, 2.75) is 45.8 Å². The number of ether oxygens (including phenoxy) is 2. The average Bonchev–Trinajstić information content (AvgIpc) is 3.30. The summed E-state index contributed by atoms with van der Waals surface area (Å²) in [7, 11) is 0. The van der Waals surface area contributed by atoms with Crippen LogP contribution >= 0.6 is 11.8 Å². The summed E-state index contributed by atoms with van der Waals surface area (Å²) in [5, 5.41) is 3.18. The Morgan fingerprint density at radius 2 is 1.74 bits per heavy atom. The molecule has 3 heterocycles. The first-order valence-electron chi connectivity index (χ1n) is 11.8. The highest BCUT2D eigenvalue weighted by Crippen LogP contribution is 2.38. The highest BCUT2D eigenvalue weighted by atomic mass is 32.2. The van der Waals surface area contributed by atoms with Crippen LogP contribution < -0.4 is 9.47 Å². The van der Waals surface area contributed by atoms with Gasteiger partial charge in [0.15, 0.2) is 16.7 Å². The molecule has 0 bridgehead atoms. The highest BCUT2D eigenvalue weighted by Gasteiger charge is 2.26. The molecular formula is C29H27N3O2S. The number of pyridine rings is 1. The molecule has 35 heavy (non-hydrogen) atoms. The van der Waals surface area contributed by atoms with Crippen LogP contribution in [-0.4, -0.2) is 21.8 Å².